The number of allylic oxidation sites excluding steroid dienone is 3. The number of rotatable bonds is 6. The molecule has 3 nitrogen and oxygen atoms in total. The van der Waals surface area contributed by atoms with Crippen LogP contribution in [0, 0.1) is 13.8 Å². The first-order valence-electron chi connectivity index (χ1n) is 10.3. The van der Waals surface area contributed by atoms with Gasteiger partial charge in [-0.1, -0.05) is 36.4 Å². The molecule has 2 atom stereocenters. The van der Waals surface area contributed by atoms with Gasteiger partial charge in [0.2, 0.25) is 0 Å². The van der Waals surface area contributed by atoms with Crippen molar-refractivity contribution in [1.29, 1.82) is 0 Å². The topological polar surface area (TPSA) is 35.5 Å². The molecule has 0 heterocycles. The zero-order valence-electron chi connectivity index (χ0n) is 18.5. The van der Waals surface area contributed by atoms with E-state index >= 15 is 0 Å². The van der Waals surface area contributed by atoms with Gasteiger partial charge in [0.1, 0.15) is 11.4 Å². The fourth-order valence-corrected chi connectivity index (χ4v) is 6.13. The van der Waals surface area contributed by atoms with Crippen molar-refractivity contribution < 1.29 is 14.3 Å². The van der Waals surface area contributed by atoms with Crippen molar-refractivity contribution in [1.82, 2.24) is 0 Å². The fraction of sp³-hybridized carbons (Fsp3) is 0.346. The van der Waals surface area contributed by atoms with Gasteiger partial charge in [-0.05, 0) is 64.0 Å². The van der Waals surface area contributed by atoms with Crippen molar-refractivity contribution in [3.05, 3.63) is 77.9 Å². The zero-order valence-corrected chi connectivity index (χ0v) is 19.3. The lowest BCUT2D eigenvalue weighted by Gasteiger charge is -2.21. The minimum absolute atomic E-state index is 0.0779. The summed E-state index contributed by atoms with van der Waals surface area (Å²) >= 11 is 0. The molecule has 0 spiro atoms. The van der Waals surface area contributed by atoms with Gasteiger partial charge in [-0.2, -0.15) is 0 Å². The molecule has 0 fully saturated rings. The fourth-order valence-electron chi connectivity index (χ4n) is 3.55. The Balaban J connectivity index is 1.87. The zero-order chi connectivity index (χ0) is 21.7. The lowest BCUT2D eigenvalue weighted by molar-refractivity contribution is -0.157. The van der Waals surface area contributed by atoms with Crippen LogP contribution in [0.2, 0.25) is 0 Å². The molecule has 1 aliphatic rings. The van der Waals surface area contributed by atoms with Crippen molar-refractivity contribution in [3.63, 3.8) is 0 Å². The predicted molar refractivity (Wildman–Crippen MR) is 124 cm³/mol. The molecule has 0 saturated carbocycles. The van der Waals surface area contributed by atoms with E-state index in [4.69, 9.17) is 9.47 Å². The van der Waals surface area contributed by atoms with Gasteiger partial charge in [0.05, 0.1) is 10.9 Å². The maximum atomic E-state index is 12.1. The molecule has 4 heteroatoms. The summed E-state index contributed by atoms with van der Waals surface area (Å²) < 4.78 is 11.2. The van der Waals surface area contributed by atoms with Crippen LogP contribution in [-0.4, -0.2) is 23.4 Å². The van der Waals surface area contributed by atoms with E-state index in [0.717, 1.165) is 23.3 Å². The highest BCUT2D eigenvalue weighted by Gasteiger charge is 2.34. The molecule has 158 valence electrons. The third-order valence-electron chi connectivity index (χ3n) is 4.68. The molecule has 0 saturated heterocycles. The number of esters is 1. The number of hydrogen-bond acceptors (Lipinski definition) is 3. The van der Waals surface area contributed by atoms with Crippen LogP contribution in [-0.2, 0) is 20.4 Å². The van der Waals surface area contributed by atoms with Crippen LogP contribution in [0.25, 0.3) is 0 Å². The van der Waals surface area contributed by atoms with Crippen molar-refractivity contribution in [2.45, 2.75) is 61.7 Å². The Kier molecular flexibility index (Phi) is 7.09. The Bertz CT molecular complexity index is 915. The third kappa shape index (κ3) is 5.79. The van der Waals surface area contributed by atoms with Crippen LogP contribution in [0.3, 0.4) is 0 Å². The van der Waals surface area contributed by atoms with Crippen molar-refractivity contribution in [3.8, 4) is 5.75 Å². The van der Waals surface area contributed by atoms with Gasteiger partial charge in [-0.25, -0.2) is 4.79 Å². The monoisotopic (exact) mass is 423 g/mol. The van der Waals surface area contributed by atoms with Gasteiger partial charge in [-0.15, -0.1) is 0 Å². The van der Waals surface area contributed by atoms with Crippen LogP contribution >= 0.6 is 0 Å². The lowest BCUT2D eigenvalue weighted by atomic mass is 10.1. The molecule has 0 amide bonds. The van der Waals surface area contributed by atoms with E-state index in [1.165, 1.54) is 9.79 Å². The quantitative estimate of drug-likeness (QED) is 0.426. The minimum Gasteiger partial charge on any atom is -0.481 e. The van der Waals surface area contributed by atoms with E-state index in [1.807, 2.05) is 34.6 Å². The summed E-state index contributed by atoms with van der Waals surface area (Å²) in [4.78, 5) is 14.7. The van der Waals surface area contributed by atoms with E-state index in [9.17, 15) is 4.79 Å². The molecule has 2 aromatic rings. The highest BCUT2D eigenvalue weighted by molar-refractivity contribution is 7.97. The highest BCUT2D eigenvalue weighted by atomic mass is 32.2. The first-order chi connectivity index (χ1) is 14.2. The average Bonchev–Trinajstić information content (AvgIpc) is 2.68. The van der Waals surface area contributed by atoms with Crippen molar-refractivity contribution >= 4 is 16.9 Å². The summed E-state index contributed by atoms with van der Waals surface area (Å²) in [6.07, 6.45) is 9.85. The van der Waals surface area contributed by atoms with E-state index in [0.29, 0.717) is 5.25 Å². The Morgan fingerprint density at radius 3 is 2.27 bits per heavy atom. The maximum Gasteiger partial charge on any atom is 0.344 e. The average molecular weight is 424 g/mol. The van der Waals surface area contributed by atoms with Gasteiger partial charge in [0, 0.05) is 18.6 Å². The standard InChI is InChI=1S/C26H31O3S/c1-19-16-23(17-20(2)25(19)28-18-24(27)29-26(3,4)5)30(21-12-8-6-9-13-21)22-14-10-7-11-15-22/h6-14,16-17,22H,15,18H2,1-5H3/q+1. The van der Waals surface area contributed by atoms with Crippen molar-refractivity contribution in [2.24, 2.45) is 0 Å². The molecule has 0 radical (unpaired) electrons. The molecule has 0 bridgehead atoms. The number of carbonyl (C=O) groups excluding carboxylic acids is 1. The molecule has 1 aliphatic carbocycles. The summed E-state index contributed by atoms with van der Waals surface area (Å²) in [5.74, 6) is 0.411. The molecule has 2 aromatic carbocycles. The van der Waals surface area contributed by atoms with E-state index in [-0.39, 0.29) is 23.5 Å². The van der Waals surface area contributed by atoms with Gasteiger partial charge >= 0.3 is 5.97 Å². The van der Waals surface area contributed by atoms with E-state index < -0.39 is 5.60 Å². The molecule has 0 N–H and O–H groups in total. The predicted octanol–water partition coefficient (Wildman–Crippen LogP) is 5.94. The summed E-state index contributed by atoms with van der Waals surface area (Å²) in [5, 5.41) is 0.435. The molecule has 2 unspecified atom stereocenters. The van der Waals surface area contributed by atoms with Crippen LogP contribution in [0.4, 0.5) is 0 Å². The highest BCUT2D eigenvalue weighted by Crippen LogP contribution is 2.35. The van der Waals surface area contributed by atoms with Crippen LogP contribution in [0.1, 0.15) is 38.3 Å². The number of ether oxygens (including phenoxy) is 2. The largest absolute Gasteiger partial charge is 0.481 e. The Labute approximate surface area is 183 Å². The third-order valence-corrected chi connectivity index (χ3v) is 7.16. The minimum atomic E-state index is -0.514. The second kappa shape index (κ2) is 9.57. The molecular formula is C26H31O3S+. The lowest BCUT2D eigenvalue weighted by Crippen LogP contribution is -2.27. The molecule has 0 aromatic heterocycles. The Morgan fingerprint density at radius 1 is 1.03 bits per heavy atom. The summed E-state index contributed by atoms with van der Waals surface area (Å²) in [6.45, 7) is 9.58. The van der Waals surface area contributed by atoms with Crippen LogP contribution in [0.5, 0.6) is 5.75 Å². The second-order valence-electron chi connectivity index (χ2n) is 8.50. The molecule has 30 heavy (non-hydrogen) atoms. The summed E-state index contributed by atoms with van der Waals surface area (Å²) in [7, 11) is -0.0779. The smallest absolute Gasteiger partial charge is 0.344 e. The maximum absolute atomic E-state index is 12.1. The first-order valence-corrected chi connectivity index (χ1v) is 11.6. The Morgan fingerprint density at radius 2 is 1.70 bits per heavy atom. The van der Waals surface area contributed by atoms with Crippen molar-refractivity contribution in [2.75, 3.05) is 6.61 Å². The van der Waals surface area contributed by atoms with Crippen LogP contribution < -0.4 is 4.74 Å². The first kappa shape index (κ1) is 22.2. The van der Waals surface area contributed by atoms with E-state index in [2.05, 4.69) is 66.8 Å². The van der Waals surface area contributed by atoms with Crippen LogP contribution in [0.15, 0.2) is 76.6 Å². The number of carbonyl (C=O) groups is 1. The summed E-state index contributed by atoms with van der Waals surface area (Å²) in [5.41, 5.74) is 1.56. The summed E-state index contributed by atoms with van der Waals surface area (Å²) in [6, 6.07) is 15.1. The number of benzene rings is 2. The second-order valence-corrected chi connectivity index (χ2v) is 10.7. The van der Waals surface area contributed by atoms with Gasteiger partial charge in [0.25, 0.3) is 0 Å². The van der Waals surface area contributed by atoms with Gasteiger partial charge < -0.3 is 9.47 Å². The Hall–Kier alpha value is -2.46. The normalized spacial score (nSPS) is 16.9. The SMILES string of the molecule is Cc1cc([S+](c2ccccc2)C2C=CC=CC2)cc(C)c1OCC(=O)OC(C)(C)C. The molecular weight excluding hydrogens is 392 g/mol. The van der Waals surface area contributed by atoms with E-state index in [1.54, 1.807) is 0 Å². The van der Waals surface area contributed by atoms with Gasteiger partial charge in [-0.3, -0.25) is 0 Å². The number of aryl methyl sites for hydroxylation is 2. The molecule has 0 aliphatic heterocycles. The van der Waals surface area contributed by atoms with Gasteiger partial charge in [0.15, 0.2) is 21.6 Å². The number of hydrogen-bond donors (Lipinski definition) is 0. The molecule has 3 rings (SSSR count).